The Kier molecular flexibility index (Phi) is 4.38. The van der Waals surface area contributed by atoms with Gasteiger partial charge in [-0.3, -0.25) is 0 Å². The van der Waals surface area contributed by atoms with Crippen molar-refractivity contribution in [3.63, 3.8) is 0 Å². The normalized spacial score (nSPS) is 29.0. The van der Waals surface area contributed by atoms with E-state index in [4.69, 9.17) is 9.78 Å². The van der Waals surface area contributed by atoms with Gasteiger partial charge in [-0.1, -0.05) is 97.1 Å². The number of allylic oxidation sites excluding steroid dienone is 6. The zero-order valence-electron chi connectivity index (χ0n) is 15.9. The van der Waals surface area contributed by atoms with Gasteiger partial charge in [0.25, 0.3) is 0 Å². The van der Waals surface area contributed by atoms with E-state index in [1.807, 2.05) is 12.1 Å². The summed E-state index contributed by atoms with van der Waals surface area (Å²) in [6.07, 6.45) is 16.5. The van der Waals surface area contributed by atoms with Crippen molar-refractivity contribution in [1.82, 2.24) is 0 Å². The quantitative estimate of drug-likeness (QED) is 0.590. The summed E-state index contributed by atoms with van der Waals surface area (Å²) >= 11 is 0. The first-order valence-electron chi connectivity index (χ1n) is 10.0. The second-order valence-electron chi connectivity index (χ2n) is 7.70. The maximum atomic E-state index is 6.44. The Labute approximate surface area is 166 Å². The van der Waals surface area contributed by atoms with Crippen LogP contribution < -0.4 is 0 Å². The molecular formula is C26H24O2. The van der Waals surface area contributed by atoms with Crippen LogP contribution in [0.15, 0.2) is 108 Å². The molecule has 2 aromatic carbocycles. The van der Waals surface area contributed by atoms with Crippen molar-refractivity contribution in [2.24, 2.45) is 0 Å². The third-order valence-electron chi connectivity index (χ3n) is 6.22. The summed E-state index contributed by atoms with van der Waals surface area (Å²) in [5, 5.41) is 0. The van der Waals surface area contributed by atoms with Crippen LogP contribution in [0.25, 0.3) is 0 Å². The molecule has 2 nitrogen and oxygen atoms in total. The summed E-state index contributed by atoms with van der Waals surface area (Å²) in [5.74, 6) is 0. The first-order valence-corrected chi connectivity index (χ1v) is 10.0. The van der Waals surface area contributed by atoms with E-state index in [1.165, 1.54) is 11.1 Å². The van der Waals surface area contributed by atoms with Crippen molar-refractivity contribution in [3.05, 3.63) is 119 Å². The first-order chi connectivity index (χ1) is 13.8. The molecule has 2 atom stereocenters. The highest BCUT2D eigenvalue weighted by atomic mass is 17.2. The fraction of sp³-hybridized carbons (Fsp3) is 0.231. The van der Waals surface area contributed by atoms with Gasteiger partial charge in [0.1, 0.15) is 0 Å². The molecular weight excluding hydrogens is 344 g/mol. The molecule has 140 valence electrons. The van der Waals surface area contributed by atoms with Gasteiger partial charge in [-0.05, 0) is 48.0 Å². The largest absolute Gasteiger partial charge is 0.219 e. The van der Waals surface area contributed by atoms with Crippen molar-refractivity contribution < 1.29 is 9.78 Å². The zero-order chi connectivity index (χ0) is 18.9. The average molecular weight is 368 g/mol. The molecule has 0 amide bonds. The predicted molar refractivity (Wildman–Crippen MR) is 111 cm³/mol. The molecule has 0 aromatic heterocycles. The summed E-state index contributed by atoms with van der Waals surface area (Å²) in [5.41, 5.74) is 3.78. The van der Waals surface area contributed by atoms with Gasteiger partial charge >= 0.3 is 0 Å². The Balaban J connectivity index is 1.55. The van der Waals surface area contributed by atoms with Crippen molar-refractivity contribution in [3.8, 4) is 0 Å². The molecule has 0 bridgehead atoms. The summed E-state index contributed by atoms with van der Waals surface area (Å²) in [6.45, 7) is 0. The molecule has 2 aliphatic carbocycles. The van der Waals surface area contributed by atoms with Crippen molar-refractivity contribution in [2.75, 3.05) is 0 Å². The lowest BCUT2D eigenvalue weighted by atomic mass is 9.74. The van der Waals surface area contributed by atoms with Crippen LogP contribution in [0.1, 0.15) is 36.8 Å². The average Bonchev–Trinajstić information content (AvgIpc) is 3.50. The van der Waals surface area contributed by atoms with Crippen LogP contribution in [-0.2, 0) is 21.0 Å². The minimum Gasteiger partial charge on any atom is -0.219 e. The van der Waals surface area contributed by atoms with Gasteiger partial charge < -0.3 is 0 Å². The smallest absolute Gasteiger partial charge is 0.150 e. The van der Waals surface area contributed by atoms with E-state index < -0.39 is 11.2 Å². The molecule has 0 saturated carbocycles. The minimum atomic E-state index is -0.532. The lowest BCUT2D eigenvalue weighted by Gasteiger charge is -2.47. The SMILES string of the molecule is C1=CCC(C2(c3ccccc3)CCC(C3=CC=CC3)(c3ccccc3)OO2)=C1. The molecule has 1 fully saturated rings. The molecule has 2 unspecified atom stereocenters. The fourth-order valence-electron chi connectivity index (χ4n) is 4.67. The van der Waals surface area contributed by atoms with Gasteiger partial charge in [-0.15, -0.1) is 0 Å². The standard InChI is InChI=1S/C26H24O2/c1-3-11-21(12-4-1)25(23-15-7-8-16-23)19-20-26(28-27-25,24-17-9-10-18-24)22-13-5-2-6-14-22/h1-15,17H,16,18-20H2. The van der Waals surface area contributed by atoms with E-state index in [-0.39, 0.29) is 0 Å². The first kappa shape index (κ1) is 17.4. The zero-order valence-corrected chi connectivity index (χ0v) is 15.9. The van der Waals surface area contributed by atoms with Crippen molar-refractivity contribution in [1.29, 1.82) is 0 Å². The molecule has 1 aliphatic heterocycles. The van der Waals surface area contributed by atoms with Crippen LogP contribution >= 0.6 is 0 Å². The van der Waals surface area contributed by atoms with Gasteiger partial charge in [-0.2, -0.15) is 0 Å². The number of hydrogen-bond donors (Lipinski definition) is 0. The van der Waals surface area contributed by atoms with E-state index in [1.54, 1.807) is 0 Å². The van der Waals surface area contributed by atoms with Crippen LogP contribution in [-0.4, -0.2) is 0 Å². The Morgan fingerprint density at radius 3 is 1.32 bits per heavy atom. The van der Waals surface area contributed by atoms with Crippen LogP contribution in [0.3, 0.4) is 0 Å². The third kappa shape index (κ3) is 2.72. The molecule has 1 saturated heterocycles. The van der Waals surface area contributed by atoms with E-state index in [2.05, 4.69) is 85.0 Å². The van der Waals surface area contributed by atoms with Gasteiger partial charge in [0, 0.05) is 0 Å². The van der Waals surface area contributed by atoms with Crippen molar-refractivity contribution >= 4 is 0 Å². The lowest BCUT2D eigenvalue weighted by molar-refractivity contribution is -0.434. The Hall–Kier alpha value is -2.68. The second-order valence-corrected chi connectivity index (χ2v) is 7.70. The molecule has 0 radical (unpaired) electrons. The lowest BCUT2D eigenvalue weighted by Crippen LogP contribution is -2.45. The van der Waals surface area contributed by atoms with Gasteiger partial charge in [0.2, 0.25) is 0 Å². The Morgan fingerprint density at radius 1 is 0.571 bits per heavy atom. The van der Waals surface area contributed by atoms with Crippen LogP contribution in [0.2, 0.25) is 0 Å². The van der Waals surface area contributed by atoms with Crippen LogP contribution in [0.4, 0.5) is 0 Å². The predicted octanol–water partition coefficient (Wildman–Crippen LogP) is 6.29. The Morgan fingerprint density at radius 2 is 1.00 bits per heavy atom. The number of rotatable bonds is 4. The highest BCUT2D eigenvalue weighted by molar-refractivity contribution is 5.43. The molecule has 2 heteroatoms. The molecule has 28 heavy (non-hydrogen) atoms. The van der Waals surface area contributed by atoms with Crippen molar-refractivity contribution in [2.45, 2.75) is 36.9 Å². The molecule has 3 aliphatic rings. The van der Waals surface area contributed by atoms with Crippen LogP contribution in [0, 0.1) is 0 Å². The maximum absolute atomic E-state index is 6.44. The number of benzene rings is 2. The summed E-state index contributed by atoms with van der Waals surface area (Å²) in [7, 11) is 0. The maximum Gasteiger partial charge on any atom is 0.150 e. The monoisotopic (exact) mass is 368 g/mol. The highest BCUT2D eigenvalue weighted by Gasteiger charge is 2.51. The van der Waals surface area contributed by atoms with E-state index in [0.717, 1.165) is 36.8 Å². The third-order valence-corrected chi connectivity index (χ3v) is 6.22. The highest BCUT2D eigenvalue weighted by Crippen LogP contribution is 2.53. The van der Waals surface area contributed by atoms with E-state index >= 15 is 0 Å². The number of hydrogen-bond acceptors (Lipinski definition) is 2. The summed E-state index contributed by atoms with van der Waals surface area (Å²) in [6, 6.07) is 21.0. The van der Waals surface area contributed by atoms with E-state index in [0.29, 0.717) is 0 Å². The summed E-state index contributed by atoms with van der Waals surface area (Å²) in [4.78, 5) is 12.9. The summed E-state index contributed by atoms with van der Waals surface area (Å²) < 4.78 is 0. The van der Waals surface area contributed by atoms with Gasteiger partial charge in [-0.25, -0.2) is 9.78 Å². The second kappa shape index (κ2) is 7.05. The molecule has 1 heterocycles. The van der Waals surface area contributed by atoms with E-state index in [9.17, 15) is 0 Å². The molecule has 2 aromatic rings. The minimum absolute atomic E-state index is 0.532. The molecule has 5 rings (SSSR count). The fourth-order valence-corrected chi connectivity index (χ4v) is 4.67. The Bertz CT molecular complexity index is 875. The molecule has 0 spiro atoms. The molecule has 0 N–H and O–H groups in total. The van der Waals surface area contributed by atoms with Crippen LogP contribution in [0.5, 0.6) is 0 Å². The van der Waals surface area contributed by atoms with Gasteiger partial charge in [0.15, 0.2) is 11.2 Å². The van der Waals surface area contributed by atoms with Gasteiger partial charge in [0.05, 0.1) is 0 Å². The topological polar surface area (TPSA) is 18.5 Å².